The summed E-state index contributed by atoms with van der Waals surface area (Å²) in [6, 6.07) is 0. The smallest absolute Gasteiger partial charge is 0.303 e. The van der Waals surface area contributed by atoms with Crippen LogP contribution < -0.4 is 0 Å². The molecule has 1 aliphatic heterocycles. The van der Waals surface area contributed by atoms with Crippen molar-refractivity contribution in [3.8, 4) is 0 Å². The van der Waals surface area contributed by atoms with Crippen molar-refractivity contribution < 1.29 is 38.4 Å². The highest BCUT2D eigenvalue weighted by Crippen LogP contribution is 2.27. The molecule has 114 valence electrons. The summed E-state index contributed by atoms with van der Waals surface area (Å²) >= 11 is 0. The fourth-order valence-corrected chi connectivity index (χ4v) is 1.99. The first kappa shape index (κ1) is 16.4. The summed E-state index contributed by atoms with van der Waals surface area (Å²) in [5.74, 6) is -1.96. The van der Waals surface area contributed by atoms with E-state index in [0.717, 1.165) is 13.8 Å². The van der Waals surface area contributed by atoms with E-state index in [4.69, 9.17) is 18.9 Å². The molecule has 0 unspecified atom stereocenters. The number of hydrogen-bond donors (Lipinski definition) is 1. The van der Waals surface area contributed by atoms with Gasteiger partial charge in [-0.1, -0.05) is 0 Å². The average Bonchev–Trinajstić information content (AvgIpc) is 2.27. The second-order valence-corrected chi connectivity index (χ2v) is 4.45. The van der Waals surface area contributed by atoms with Crippen LogP contribution in [0.15, 0.2) is 0 Å². The van der Waals surface area contributed by atoms with E-state index in [9.17, 15) is 19.5 Å². The van der Waals surface area contributed by atoms with Gasteiger partial charge in [0.1, 0.15) is 0 Å². The van der Waals surface area contributed by atoms with Gasteiger partial charge in [0.15, 0.2) is 24.6 Å². The van der Waals surface area contributed by atoms with Crippen LogP contribution in [-0.2, 0) is 33.3 Å². The van der Waals surface area contributed by atoms with Crippen LogP contribution in [0.5, 0.6) is 0 Å². The highest BCUT2D eigenvalue weighted by molar-refractivity contribution is 5.68. The van der Waals surface area contributed by atoms with E-state index in [2.05, 4.69) is 0 Å². The lowest BCUT2D eigenvalue weighted by Crippen LogP contribution is -2.60. The van der Waals surface area contributed by atoms with Gasteiger partial charge in [0.2, 0.25) is 0 Å². The van der Waals surface area contributed by atoms with Crippen molar-refractivity contribution >= 4 is 17.9 Å². The molecule has 1 saturated heterocycles. The maximum Gasteiger partial charge on any atom is 0.303 e. The van der Waals surface area contributed by atoms with Crippen molar-refractivity contribution in [2.24, 2.45) is 0 Å². The molecule has 0 aromatic heterocycles. The number of rotatable bonds is 3. The Morgan fingerprint density at radius 2 is 1.25 bits per heavy atom. The summed E-state index contributed by atoms with van der Waals surface area (Å²) in [6.45, 7) is 5.01. The zero-order valence-electron chi connectivity index (χ0n) is 11.7. The quantitative estimate of drug-likeness (QED) is 0.548. The minimum Gasteiger partial charge on any atom is -0.456 e. The third-order valence-corrected chi connectivity index (χ3v) is 2.65. The Hall–Kier alpha value is -1.67. The van der Waals surface area contributed by atoms with Crippen molar-refractivity contribution in [3.63, 3.8) is 0 Å². The molecule has 8 nitrogen and oxygen atoms in total. The number of ether oxygens (including phenoxy) is 4. The van der Waals surface area contributed by atoms with Crippen LogP contribution in [0, 0.1) is 0 Å². The zero-order valence-corrected chi connectivity index (χ0v) is 11.7. The molecule has 0 radical (unpaired) electrons. The summed E-state index contributed by atoms with van der Waals surface area (Å²) in [5.41, 5.74) is 0. The van der Waals surface area contributed by atoms with Crippen LogP contribution in [0.1, 0.15) is 27.7 Å². The molecule has 0 saturated carbocycles. The maximum atomic E-state index is 11.2. The minimum atomic E-state index is -1.48. The summed E-state index contributed by atoms with van der Waals surface area (Å²) in [5, 5.41) is 9.79. The van der Waals surface area contributed by atoms with Gasteiger partial charge < -0.3 is 24.1 Å². The van der Waals surface area contributed by atoms with E-state index in [-0.39, 0.29) is 0 Å². The zero-order chi connectivity index (χ0) is 15.4. The Kier molecular flexibility index (Phi) is 5.46. The fraction of sp³-hybridized carbons (Fsp3) is 0.750. The molecule has 1 rings (SSSR count). The number of aliphatic hydroxyl groups excluding tert-OH is 1. The summed E-state index contributed by atoms with van der Waals surface area (Å²) < 4.78 is 20.1. The van der Waals surface area contributed by atoms with Gasteiger partial charge in [0, 0.05) is 20.8 Å². The van der Waals surface area contributed by atoms with Gasteiger partial charge in [-0.05, 0) is 6.92 Å². The van der Waals surface area contributed by atoms with E-state index < -0.39 is 48.6 Å². The predicted octanol–water partition coefficient (Wildman–Crippen LogP) is -0.481. The standard InChI is InChI=1S/C12H18O8/c1-5-9(18-6(2)13)10(19-7(3)14)11(12(16)17-5)20-8(4)15/h5,9-12,16H,1-4H3/t5-,9+,10-,11+,12-/m0/s1. The van der Waals surface area contributed by atoms with Gasteiger partial charge in [-0.15, -0.1) is 0 Å². The molecule has 0 bridgehead atoms. The Labute approximate surface area is 115 Å². The molecular weight excluding hydrogens is 272 g/mol. The molecule has 1 fully saturated rings. The second kappa shape index (κ2) is 6.67. The number of carbonyl (C=O) groups is 3. The van der Waals surface area contributed by atoms with Gasteiger partial charge in [0.05, 0.1) is 6.10 Å². The lowest BCUT2D eigenvalue weighted by molar-refractivity contribution is -0.288. The van der Waals surface area contributed by atoms with Crippen LogP contribution in [0.4, 0.5) is 0 Å². The largest absolute Gasteiger partial charge is 0.456 e. The first-order valence-electron chi connectivity index (χ1n) is 6.07. The predicted molar refractivity (Wildman–Crippen MR) is 63.2 cm³/mol. The first-order valence-corrected chi connectivity index (χ1v) is 6.07. The molecule has 5 atom stereocenters. The van der Waals surface area contributed by atoms with E-state index in [1.165, 1.54) is 13.8 Å². The van der Waals surface area contributed by atoms with Crippen LogP contribution in [0.25, 0.3) is 0 Å². The number of aliphatic hydroxyl groups is 1. The minimum absolute atomic E-state index is 0.611. The molecule has 0 aromatic rings. The van der Waals surface area contributed by atoms with E-state index in [0.29, 0.717) is 0 Å². The molecule has 0 spiro atoms. The molecule has 0 aliphatic carbocycles. The van der Waals surface area contributed by atoms with Crippen LogP contribution in [-0.4, -0.2) is 53.7 Å². The lowest BCUT2D eigenvalue weighted by atomic mass is 9.99. The topological polar surface area (TPSA) is 108 Å². The monoisotopic (exact) mass is 290 g/mol. The molecule has 1 N–H and O–H groups in total. The summed E-state index contributed by atoms with van der Waals surface area (Å²) in [4.78, 5) is 33.3. The number of carbonyl (C=O) groups excluding carboxylic acids is 3. The van der Waals surface area contributed by atoms with E-state index in [1.54, 1.807) is 0 Å². The summed E-state index contributed by atoms with van der Waals surface area (Å²) in [7, 11) is 0. The Balaban J connectivity index is 3.01. The Bertz CT molecular complexity index is 365. The molecule has 20 heavy (non-hydrogen) atoms. The molecule has 1 aliphatic rings. The van der Waals surface area contributed by atoms with Gasteiger partial charge in [0.25, 0.3) is 0 Å². The SMILES string of the molecule is CC(=O)O[C@@H]1[C@@H](OC(C)=O)[C@@H](O)O[C@@H](C)[C@H]1OC(C)=O. The third-order valence-electron chi connectivity index (χ3n) is 2.65. The van der Waals surface area contributed by atoms with Crippen molar-refractivity contribution in [3.05, 3.63) is 0 Å². The Morgan fingerprint density at radius 1 is 0.850 bits per heavy atom. The highest BCUT2D eigenvalue weighted by atomic mass is 16.7. The van der Waals surface area contributed by atoms with E-state index in [1.807, 2.05) is 0 Å². The molecular formula is C12H18O8. The van der Waals surface area contributed by atoms with Crippen LogP contribution >= 0.6 is 0 Å². The highest BCUT2D eigenvalue weighted by Gasteiger charge is 2.49. The number of hydrogen-bond acceptors (Lipinski definition) is 8. The second-order valence-electron chi connectivity index (χ2n) is 4.45. The van der Waals surface area contributed by atoms with Crippen molar-refractivity contribution in [2.75, 3.05) is 0 Å². The van der Waals surface area contributed by atoms with Gasteiger partial charge in [-0.25, -0.2) is 0 Å². The third kappa shape index (κ3) is 4.17. The molecule has 0 aromatic carbocycles. The molecule has 8 heteroatoms. The van der Waals surface area contributed by atoms with Crippen molar-refractivity contribution in [1.29, 1.82) is 0 Å². The van der Waals surface area contributed by atoms with E-state index >= 15 is 0 Å². The van der Waals surface area contributed by atoms with Crippen molar-refractivity contribution in [1.82, 2.24) is 0 Å². The average molecular weight is 290 g/mol. The van der Waals surface area contributed by atoms with Crippen LogP contribution in [0.3, 0.4) is 0 Å². The normalized spacial score (nSPS) is 33.1. The van der Waals surface area contributed by atoms with Crippen LogP contribution in [0.2, 0.25) is 0 Å². The lowest BCUT2D eigenvalue weighted by Gasteiger charge is -2.41. The first-order chi connectivity index (χ1) is 9.22. The van der Waals surface area contributed by atoms with Gasteiger partial charge in [-0.2, -0.15) is 0 Å². The fourth-order valence-electron chi connectivity index (χ4n) is 1.99. The molecule has 0 amide bonds. The van der Waals surface area contributed by atoms with Gasteiger partial charge in [-0.3, -0.25) is 14.4 Å². The van der Waals surface area contributed by atoms with Crippen molar-refractivity contribution in [2.45, 2.75) is 58.4 Å². The summed E-state index contributed by atoms with van der Waals surface area (Å²) in [6.07, 6.45) is -5.60. The Morgan fingerprint density at radius 3 is 1.70 bits per heavy atom. The maximum absolute atomic E-state index is 11.2. The van der Waals surface area contributed by atoms with Gasteiger partial charge >= 0.3 is 17.9 Å². The number of esters is 3. The molecule has 1 heterocycles.